The van der Waals surface area contributed by atoms with Crippen LogP contribution in [0, 0.1) is 5.82 Å². The highest BCUT2D eigenvalue weighted by Gasteiger charge is 2.19. The van der Waals surface area contributed by atoms with Crippen LogP contribution in [0.2, 0.25) is 0 Å². The van der Waals surface area contributed by atoms with Gasteiger partial charge in [0.2, 0.25) is 5.91 Å². The smallest absolute Gasteiger partial charge is 0.225 e. The molecule has 25 heavy (non-hydrogen) atoms. The third-order valence-electron chi connectivity index (χ3n) is 3.83. The minimum atomic E-state index is -3.57. The van der Waals surface area contributed by atoms with Crippen molar-refractivity contribution in [2.75, 3.05) is 11.1 Å². The van der Waals surface area contributed by atoms with E-state index < -0.39 is 21.6 Å². The highest BCUT2D eigenvalue weighted by molar-refractivity contribution is 7.91. The minimum absolute atomic E-state index is 0.0411. The lowest BCUT2D eigenvalue weighted by Crippen LogP contribution is -2.18. The molecule has 0 radical (unpaired) electrons. The minimum Gasteiger partial charge on any atom is -0.324 e. The molecule has 0 aliphatic carbocycles. The molecule has 6 heteroatoms. The number of sulfone groups is 1. The van der Waals surface area contributed by atoms with Gasteiger partial charge in [-0.15, -0.1) is 0 Å². The van der Waals surface area contributed by atoms with Gasteiger partial charge in [-0.05, 0) is 35.2 Å². The van der Waals surface area contributed by atoms with Gasteiger partial charge in [0.1, 0.15) is 5.82 Å². The van der Waals surface area contributed by atoms with E-state index in [0.717, 1.165) is 5.56 Å². The average Bonchev–Trinajstić information content (AvgIpc) is 2.55. The molecule has 2 aromatic rings. The van der Waals surface area contributed by atoms with Gasteiger partial charge in [-0.2, -0.15) is 0 Å². The van der Waals surface area contributed by atoms with Crippen molar-refractivity contribution in [2.45, 2.75) is 37.5 Å². The average molecular weight is 363 g/mol. The van der Waals surface area contributed by atoms with E-state index in [1.807, 2.05) is 20.8 Å². The first-order valence-corrected chi connectivity index (χ1v) is 9.62. The van der Waals surface area contributed by atoms with Crippen LogP contribution in [0.3, 0.4) is 0 Å². The van der Waals surface area contributed by atoms with Crippen LogP contribution in [0.4, 0.5) is 10.1 Å². The summed E-state index contributed by atoms with van der Waals surface area (Å²) in [7, 11) is -3.57. The summed E-state index contributed by atoms with van der Waals surface area (Å²) >= 11 is 0. The second kappa shape index (κ2) is 7.35. The van der Waals surface area contributed by atoms with Gasteiger partial charge in [0, 0.05) is 6.42 Å². The Morgan fingerprint density at radius 1 is 1.04 bits per heavy atom. The van der Waals surface area contributed by atoms with Crippen molar-refractivity contribution < 1.29 is 17.6 Å². The Hall–Kier alpha value is -2.21. The molecule has 0 bridgehead atoms. The molecule has 0 aliphatic rings. The number of halogens is 1. The zero-order valence-corrected chi connectivity index (χ0v) is 15.4. The summed E-state index contributed by atoms with van der Waals surface area (Å²) in [6.45, 7) is 6.14. The van der Waals surface area contributed by atoms with Crippen LogP contribution >= 0.6 is 0 Å². The maximum atomic E-state index is 13.5. The molecule has 0 aliphatic heterocycles. The van der Waals surface area contributed by atoms with Gasteiger partial charge in [0.15, 0.2) is 9.84 Å². The Labute approximate surface area is 148 Å². The SMILES string of the molecule is CC(C)(C)c1ccc(S(=O)(=O)CCC(=O)Nc2ccccc2F)cc1. The first-order valence-electron chi connectivity index (χ1n) is 7.97. The lowest BCUT2D eigenvalue weighted by Gasteiger charge is -2.19. The molecular weight excluding hydrogens is 341 g/mol. The highest BCUT2D eigenvalue weighted by Crippen LogP contribution is 2.24. The Balaban J connectivity index is 2.01. The maximum absolute atomic E-state index is 13.5. The van der Waals surface area contributed by atoms with Crippen LogP contribution in [0.15, 0.2) is 53.4 Å². The van der Waals surface area contributed by atoms with E-state index in [4.69, 9.17) is 0 Å². The van der Waals surface area contributed by atoms with Crippen molar-refractivity contribution in [1.29, 1.82) is 0 Å². The predicted molar refractivity (Wildman–Crippen MR) is 96.8 cm³/mol. The Morgan fingerprint density at radius 3 is 2.20 bits per heavy atom. The molecule has 134 valence electrons. The van der Waals surface area contributed by atoms with E-state index in [9.17, 15) is 17.6 Å². The molecule has 0 aromatic heterocycles. The molecule has 0 fully saturated rings. The lowest BCUT2D eigenvalue weighted by molar-refractivity contribution is -0.115. The second-order valence-electron chi connectivity index (χ2n) is 6.87. The zero-order valence-electron chi connectivity index (χ0n) is 14.5. The number of benzene rings is 2. The maximum Gasteiger partial charge on any atom is 0.225 e. The van der Waals surface area contributed by atoms with E-state index in [-0.39, 0.29) is 28.2 Å². The molecule has 1 N–H and O–H groups in total. The molecule has 0 heterocycles. The Morgan fingerprint density at radius 2 is 1.64 bits per heavy atom. The van der Waals surface area contributed by atoms with Gasteiger partial charge < -0.3 is 5.32 Å². The number of nitrogens with one attached hydrogen (secondary N) is 1. The lowest BCUT2D eigenvalue weighted by atomic mass is 9.87. The van der Waals surface area contributed by atoms with Crippen LogP contribution in [-0.4, -0.2) is 20.1 Å². The predicted octanol–water partition coefficient (Wildman–Crippen LogP) is 3.93. The fourth-order valence-corrected chi connectivity index (χ4v) is 3.52. The quantitative estimate of drug-likeness (QED) is 0.875. The summed E-state index contributed by atoms with van der Waals surface area (Å²) in [5.41, 5.74) is 1.00. The van der Waals surface area contributed by atoms with Gasteiger partial charge >= 0.3 is 0 Å². The van der Waals surface area contributed by atoms with Crippen molar-refractivity contribution in [1.82, 2.24) is 0 Å². The van der Waals surface area contributed by atoms with E-state index in [0.29, 0.717) is 0 Å². The molecule has 0 spiro atoms. The molecule has 0 unspecified atom stereocenters. The molecule has 0 atom stereocenters. The van der Waals surface area contributed by atoms with Crippen molar-refractivity contribution in [2.24, 2.45) is 0 Å². The monoisotopic (exact) mass is 363 g/mol. The first-order chi connectivity index (χ1) is 11.6. The molecular formula is C19H22FNO3S. The van der Waals surface area contributed by atoms with E-state index >= 15 is 0 Å². The standard InChI is InChI=1S/C19H22FNO3S/c1-19(2,3)14-8-10-15(11-9-14)25(23,24)13-12-18(22)21-17-7-5-4-6-16(17)20/h4-11H,12-13H2,1-3H3,(H,21,22). The number of anilines is 1. The molecule has 2 rings (SSSR count). The molecule has 0 saturated heterocycles. The summed E-state index contributed by atoms with van der Waals surface area (Å²) in [5.74, 6) is -1.43. The Bertz CT molecular complexity index is 853. The summed E-state index contributed by atoms with van der Waals surface area (Å²) in [6, 6.07) is 12.4. The normalized spacial score (nSPS) is 12.0. The van der Waals surface area contributed by atoms with Crippen molar-refractivity contribution >= 4 is 21.4 Å². The van der Waals surface area contributed by atoms with Gasteiger partial charge in [-0.25, -0.2) is 12.8 Å². The topological polar surface area (TPSA) is 63.2 Å². The number of carbonyl (C=O) groups excluding carboxylic acids is 1. The largest absolute Gasteiger partial charge is 0.324 e. The van der Waals surface area contributed by atoms with Crippen molar-refractivity contribution in [3.8, 4) is 0 Å². The number of carbonyl (C=O) groups is 1. The molecule has 0 saturated carbocycles. The molecule has 4 nitrogen and oxygen atoms in total. The number of hydrogen-bond donors (Lipinski definition) is 1. The van der Waals surface area contributed by atoms with Crippen LogP contribution in [0.5, 0.6) is 0 Å². The summed E-state index contributed by atoms with van der Waals surface area (Å²) in [4.78, 5) is 12.1. The van der Waals surface area contributed by atoms with E-state index in [1.165, 1.54) is 18.2 Å². The van der Waals surface area contributed by atoms with Crippen LogP contribution in [0.25, 0.3) is 0 Å². The van der Waals surface area contributed by atoms with Crippen molar-refractivity contribution in [3.63, 3.8) is 0 Å². The summed E-state index contributed by atoms with van der Waals surface area (Å²) in [6.07, 6.45) is -0.238. The third kappa shape index (κ3) is 5.13. The van der Waals surface area contributed by atoms with Crippen LogP contribution in [0.1, 0.15) is 32.8 Å². The van der Waals surface area contributed by atoms with Gasteiger partial charge in [0.05, 0.1) is 16.3 Å². The Kier molecular flexibility index (Phi) is 5.62. The summed E-state index contributed by atoms with van der Waals surface area (Å²) in [5, 5.41) is 2.38. The number of hydrogen-bond acceptors (Lipinski definition) is 3. The summed E-state index contributed by atoms with van der Waals surface area (Å²) < 4.78 is 38.2. The fourth-order valence-electron chi connectivity index (χ4n) is 2.28. The highest BCUT2D eigenvalue weighted by atomic mass is 32.2. The van der Waals surface area contributed by atoms with E-state index in [1.54, 1.807) is 30.3 Å². The van der Waals surface area contributed by atoms with E-state index in [2.05, 4.69) is 5.32 Å². The number of rotatable bonds is 5. The van der Waals surface area contributed by atoms with Gasteiger partial charge in [-0.3, -0.25) is 4.79 Å². The molecule has 2 aromatic carbocycles. The van der Waals surface area contributed by atoms with Crippen molar-refractivity contribution in [3.05, 3.63) is 59.9 Å². The first kappa shape index (κ1) is 19.1. The van der Waals surface area contributed by atoms with Crippen LogP contribution in [-0.2, 0) is 20.0 Å². The van der Waals surface area contributed by atoms with Gasteiger partial charge in [-0.1, -0.05) is 45.0 Å². The molecule has 1 amide bonds. The fraction of sp³-hybridized carbons (Fsp3) is 0.316. The number of amides is 1. The number of para-hydroxylation sites is 1. The zero-order chi connectivity index (χ0) is 18.7. The van der Waals surface area contributed by atoms with Gasteiger partial charge in [0.25, 0.3) is 0 Å². The van der Waals surface area contributed by atoms with Crippen LogP contribution < -0.4 is 5.32 Å². The third-order valence-corrected chi connectivity index (χ3v) is 5.56. The second-order valence-corrected chi connectivity index (χ2v) is 8.98.